The number of carboxylic acid groups (broad SMARTS) is 1. The molecule has 0 saturated carbocycles. The molecule has 0 spiro atoms. The van der Waals surface area contributed by atoms with E-state index in [0.29, 0.717) is 18.6 Å². The normalized spacial score (nSPS) is 24.1. The van der Waals surface area contributed by atoms with Crippen LogP contribution in [-0.2, 0) is 19.1 Å². The predicted octanol–water partition coefficient (Wildman–Crippen LogP) is 0.196. The minimum Gasteiger partial charge on any atom is -0.480 e. The van der Waals surface area contributed by atoms with Crippen molar-refractivity contribution in [3.05, 3.63) is 0 Å². The van der Waals surface area contributed by atoms with Gasteiger partial charge in [0.15, 0.2) is 0 Å². The van der Waals surface area contributed by atoms with Crippen LogP contribution in [0.4, 0.5) is 0 Å². The van der Waals surface area contributed by atoms with Gasteiger partial charge in [-0.15, -0.1) is 11.8 Å². The first-order valence-corrected chi connectivity index (χ1v) is 7.85. The fraction of sp³-hybridized carbons (Fsp3) is 0.769. The van der Waals surface area contributed by atoms with Crippen molar-refractivity contribution in [1.82, 2.24) is 10.6 Å². The summed E-state index contributed by atoms with van der Waals surface area (Å²) < 4.78 is 4.70. The van der Waals surface area contributed by atoms with E-state index in [1.54, 1.807) is 11.8 Å². The van der Waals surface area contributed by atoms with E-state index in [0.717, 1.165) is 0 Å². The minimum absolute atomic E-state index is 0.0841. The molecule has 0 bridgehead atoms. The Morgan fingerprint density at radius 3 is 2.62 bits per heavy atom. The highest BCUT2D eigenvalue weighted by Crippen LogP contribution is 2.28. The number of esters is 1. The van der Waals surface area contributed by atoms with Gasteiger partial charge < -0.3 is 15.2 Å². The molecule has 8 heteroatoms. The van der Waals surface area contributed by atoms with Crippen LogP contribution in [0.2, 0.25) is 0 Å². The van der Waals surface area contributed by atoms with E-state index in [-0.39, 0.29) is 29.2 Å². The number of amides is 1. The van der Waals surface area contributed by atoms with Gasteiger partial charge in [-0.1, -0.05) is 6.92 Å². The number of carbonyl (C=O) groups is 3. The predicted molar refractivity (Wildman–Crippen MR) is 78.8 cm³/mol. The Hall–Kier alpha value is -1.28. The standard InChI is InChI=1S/C13H22N2O5S/c1-7(4-5-9(12(17)18)14-8(2)16)11-15-10(6-21-11)13(19)20-3/h7,9-11,15H,4-6H2,1-3H3,(H,14,16)(H,17,18)/t7-,9?,10+,11-/m1/s1. The number of methoxy groups -OCH3 is 1. The van der Waals surface area contributed by atoms with Gasteiger partial charge in [0.05, 0.1) is 12.5 Å². The Bertz CT molecular complexity index is 404. The number of carbonyl (C=O) groups excluding carboxylic acids is 2. The molecule has 1 amide bonds. The third-order valence-corrected chi connectivity index (χ3v) is 4.88. The second kappa shape index (κ2) is 8.23. The Balaban J connectivity index is 2.43. The van der Waals surface area contributed by atoms with Crippen molar-refractivity contribution in [3.63, 3.8) is 0 Å². The van der Waals surface area contributed by atoms with Gasteiger partial charge in [0.25, 0.3) is 0 Å². The second-order valence-electron chi connectivity index (χ2n) is 5.14. The molecule has 0 aliphatic carbocycles. The number of hydrogen-bond acceptors (Lipinski definition) is 6. The van der Waals surface area contributed by atoms with Gasteiger partial charge in [0.2, 0.25) is 5.91 Å². The van der Waals surface area contributed by atoms with E-state index in [1.807, 2.05) is 6.92 Å². The monoisotopic (exact) mass is 318 g/mol. The average Bonchev–Trinajstić information content (AvgIpc) is 2.91. The minimum atomic E-state index is -1.03. The number of hydrogen-bond donors (Lipinski definition) is 3. The molecule has 7 nitrogen and oxygen atoms in total. The lowest BCUT2D eigenvalue weighted by atomic mass is 10.0. The van der Waals surface area contributed by atoms with Crippen LogP contribution in [0.25, 0.3) is 0 Å². The number of nitrogens with one attached hydrogen (secondary N) is 2. The van der Waals surface area contributed by atoms with Crippen LogP contribution >= 0.6 is 11.8 Å². The van der Waals surface area contributed by atoms with Crippen molar-refractivity contribution in [2.24, 2.45) is 5.92 Å². The number of aliphatic carboxylic acids is 1. The van der Waals surface area contributed by atoms with Crippen molar-refractivity contribution in [2.75, 3.05) is 12.9 Å². The van der Waals surface area contributed by atoms with Crippen molar-refractivity contribution >= 4 is 29.6 Å². The van der Waals surface area contributed by atoms with E-state index in [1.165, 1.54) is 14.0 Å². The summed E-state index contributed by atoms with van der Waals surface area (Å²) in [4.78, 5) is 33.5. The second-order valence-corrected chi connectivity index (χ2v) is 6.32. The average molecular weight is 318 g/mol. The van der Waals surface area contributed by atoms with Gasteiger partial charge in [-0.3, -0.25) is 14.9 Å². The maximum absolute atomic E-state index is 11.4. The SMILES string of the molecule is COC(=O)[C@@H]1CS[C@H]([C@H](C)CCC(NC(C)=O)C(=O)O)N1. The molecule has 1 aliphatic rings. The molecule has 1 unspecified atom stereocenters. The molecular formula is C13H22N2O5S. The summed E-state index contributed by atoms with van der Waals surface area (Å²) in [5.74, 6) is -0.833. The fourth-order valence-electron chi connectivity index (χ4n) is 2.18. The Morgan fingerprint density at radius 1 is 1.43 bits per heavy atom. The summed E-state index contributed by atoms with van der Waals surface area (Å²) in [5.41, 5.74) is 0. The lowest BCUT2D eigenvalue weighted by Gasteiger charge is -2.21. The third kappa shape index (κ3) is 5.55. The van der Waals surface area contributed by atoms with Crippen LogP contribution in [0.3, 0.4) is 0 Å². The molecule has 1 rings (SSSR count). The van der Waals surface area contributed by atoms with E-state index < -0.39 is 12.0 Å². The summed E-state index contributed by atoms with van der Waals surface area (Å²) >= 11 is 1.63. The summed E-state index contributed by atoms with van der Waals surface area (Å²) in [7, 11) is 1.36. The summed E-state index contributed by atoms with van der Waals surface area (Å²) in [6, 6.07) is -1.18. The van der Waals surface area contributed by atoms with Crippen LogP contribution in [0.1, 0.15) is 26.7 Å². The van der Waals surface area contributed by atoms with Crippen LogP contribution in [-0.4, -0.2) is 53.3 Å². The Kier molecular flexibility index (Phi) is 6.97. The van der Waals surface area contributed by atoms with Gasteiger partial charge in [-0.05, 0) is 18.8 Å². The largest absolute Gasteiger partial charge is 0.480 e. The molecule has 0 aromatic carbocycles. The van der Waals surface area contributed by atoms with Gasteiger partial charge in [-0.25, -0.2) is 4.79 Å². The van der Waals surface area contributed by atoms with Gasteiger partial charge in [-0.2, -0.15) is 0 Å². The molecule has 1 fully saturated rings. The van der Waals surface area contributed by atoms with E-state index in [9.17, 15) is 14.4 Å². The van der Waals surface area contributed by atoms with Gasteiger partial charge >= 0.3 is 11.9 Å². The molecule has 4 atom stereocenters. The molecule has 21 heavy (non-hydrogen) atoms. The lowest BCUT2D eigenvalue weighted by molar-refractivity contribution is -0.142. The van der Waals surface area contributed by atoms with Crippen molar-refractivity contribution < 1.29 is 24.2 Å². The van der Waals surface area contributed by atoms with Crippen molar-refractivity contribution in [1.29, 1.82) is 0 Å². The Morgan fingerprint density at radius 2 is 2.10 bits per heavy atom. The van der Waals surface area contributed by atoms with Gasteiger partial charge in [0.1, 0.15) is 12.1 Å². The summed E-state index contributed by atoms with van der Waals surface area (Å²) in [6.07, 6.45) is 0.994. The highest BCUT2D eigenvalue weighted by molar-refractivity contribution is 8.00. The van der Waals surface area contributed by atoms with Crippen LogP contribution in [0.15, 0.2) is 0 Å². The molecule has 120 valence electrons. The third-order valence-electron chi connectivity index (χ3n) is 3.40. The summed E-state index contributed by atoms with van der Waals surface area (Å²) in [5, 5.41) is 14.7. The summed E-state index contributed by atoms with van der Waals surface area (Å²) in [6.45, 7) is 3.30. The topological polar surface area (TPSA) is 105 Å². The number of ether oxygens (including phenoxy) is 1. The maximum Gasteiger partial charge on any atom is 0.326 e. The molecule has 0 aromatic rings. The first-order chi connectivity index (χ1) is 9.85. The first kappa shape index (κ1) is 17.8. The maximum atomic E-state index is 11.4. The van der Waals surface area contributed by atoms with Crippen LogP contribution < -0.4 is 10.6 Å². The zero-order valence-electron chi connectivity index (χ0n) is 12.4. The molecule has 1 heterocycles. The van der Waals surface area contributed by atoms with Crippen LogP contribution in [0, 0.1) is 5.92 Å². The number of carboxylic acids is 1. The molecule has 0 radical (unpaired) electrons. The lowest BCUT2D eigenvalue weighted by Crippen LogP contribution is -2.42. The number of thioether (sulfide) groups is 1. The molecular weight excluding hydrogens is 296 g/mol. The fourth-order valence-corrected chi connectivity index (χ4v) is 3.54. The van der Waals surface area contributed by atoms with E-state index in [4.69, 9.17) is 9.84 Å². The number of rotatable bonds is 7. The highest BCUT2D eigenvalue weighted by Gasteiger charge is 2.33. The quantitative estimate of drug-likeness (QED) is 0.576. The molecule has 0 aromatic heterocycles. The molecule has 1 saturated heterocycles. The molecule has 1 aliphatic heterocycles. The molecule has 3 N–H and O–H groups in total. The van der Waals surface area contributed by atoms with Crippen LogP contribution in [0.5, 0.6) is 0 Å². The van der Waals surface area contributed by atoms with Gasteiger partial charge in [0, 0.05) is 12.7 Å². The van der Waals surface area contributed by atoms with Crippen molar-refractivity contribution in [3.8, 4) is 0 Å². The first-order valence-electron chi connectivity index (χ1n) is 6.80. The van der Waals surface area contributed by atoms with E-state index >= 15 is 0 Å². The highest BCUT2D eigenvalue weighted by atomic mass is 32.2. The Labute approximate surface area is 128 Å². The van der Waals surface area contributed by atoms with E-state index in [2.05, 4.69) is 10.6 Å². The zero-order valence-corrected chi connectivity index (χ0v) is 13.2. The zero-order chi connectivity index (χ0) is 16.0. The smallest absolute Gasteiger partial charge is 0.326 e. The van der Waals surface area contributed by atoms with Crippen molar-refractivity contribution in [2.45, 2.75) is 44.1 Å².